The van der Waals surface area contributed by atoms with Crippen LogP contribution < -0.4 is 0 Å². The molecule has 34 heavy (non-hydrogen) atoms. The van der Waals surface area contributed by atoms with Crippen LogP contribution in [0.15, 0.2) is 47.4 Å². The number of alkyl halides is 1. The quantitative estimate of drug-likeness (QED) is 0.423. The lowest BCUT2D eigenvalue weighted by Crippen LogP contribution is -2.48. The molecule has 0 spiro atoms. The van der Waals surface area contributed by atoms with Gasteiger partial charge in [-0.25, -0.2) is 17.2 Å². The van der Waals surface area contributed by atoms with Crippen molar-refractivity contribution >= 4 is 31.7 Å². The minimum Gasteiger partial charge on any atom is -0.339 e. The van der Waals surface area contributed by atoms with E-state index in [0.717, 1.165) is 50.4 Å². The van der Waals surface area contributed by atoms with Crippen molar-refractivity contribution in [2.75, 3.05) is 37.8 Å². The number of amides is 1. The third kappa shape index (κ3) is 6.86. The summed E-state index contributed by atoms with van der Waals surface area (Å²) in [6.45, 7) is 5.08. The lowest BCUT2D eigenvalue weighted by molar-refractivity contribution is -0.131. The van der Waals surface area contributed by atoms with Crippen molar-refractivity contribution in [1.82, 2.24) is 9.80 Å². The molecule has 1 aliphatic rings. The highest BCUT2D eigenvalue weighted by Crippen LogP contribution is 2.31. The van der Waals surface area contributed by atoms with E-state index >= 15 is 0 Å². The van der Waals surface area contributed by atoms with Gasteiger partial charge in [-0.1, -0.05) is 28.1 Å². The van der Waals surface area contributed by atoms with E-state index in [2.05, 4.69) is 20.8 Å². The maximum Gasteiger partial charge on any atom is 0.233 e. The first-order valence-electron chi connectivity index (χ1n) is 11.5. The average molecular weight is 558 g/mol. The summed E-state index contributed by atoms with van der Waals surface area (Å²) in [4.78, 5) is 16.6. The third-order valence-corrected chi connectivity index (χ3v) is 8.11. The van der Waals surface area contributed by atoms with Crippen LogP contribution in [0, 0.1) is 11.6 Å². The van der Waals surface area contributed by atoms with Crippen LogP contribution in [0.5, 0.6) is 0 Å². The van der Waals surface area contributed by atoms with E-state index in [1.54, 1.807) is 24.3 Å². The summed E-state index contributed by atoms with van der Waals surface area (Å²) < 4.78 is 51.7. The fourth-order valence-corrected chi connectivity index (χ4v) is 5.68. The van der Waals surface area contributed by atoms with Crippen LogP contribution in [0.4, 0.5) is 8.78 Å². The van der Waals surface area contributed by atoms with Crippen molar-refractivity contribution in [3.05, 3.63) is 65.2 Å². The number of sulfone groups is 1. The topological polar surface area (TPSA) is 57.7 Å². The Hall–Kier alpha value is -1.84. The summed E-state index contributed by atoms with van der Waals surface area (Å²) in [5.74, 6) is -1.44. The zero-order valence-electron chi connectivity index (χ0n) is 19.5. The molecule has 0 N–H and O–H groups in total. The normalized spacial score (nSPS) is 16.4. The van der Waals surface area contributed by atoms with Gasteiger partial charge in [0.05, 0.1) is 10.2 Å². The molecule has 0 saturated carbocycles. The van der Waals surface area contributed by atoms with Gasteiger partial charge in [-0.2, -0.15) is 0 Å². The van der Waals surface area contributed by atoms with Crippen LogP contribution >= 0.6 is 15.9 Å². The molecule has 0 radical (unpaired) electrons. The standard InChI is InChI=1S/C25H31BrF2N2O3S/c1-3-30(25(31)17-26)22-8-11-29(12-9-22)13-10-24(19-14-20(27)16-21(28)15-19)18-4-6-23(7-5-18)34(2,32)33/h4-7,14-16,22,24H,3,8-13,17H2,1-2H3/t24-/m1/s1. The lowest BCUT2D eigenvalue weighted by atomic mass is 9.88. The van der Waals surface area contributed by atoms with Crippen LogP contribution in [-0.4, -0.2) is 67.9 Å². The van der Waals surface area contributed by atoms with E-state index in [9.17, 15) is 22.0 Å². The first kappa shape index (κ1) is 26.8. The predicted octanol–water partition coefficient (Wildman–Crippen LogP) is 4.60. The van der Waals surface area contributed by atoms with Gasteiger partial charge in [-0.3, -0.25) is 4.79 Å². The fraction of sp³-hybridized carbons (Fsp3) is 0.480. The second-order valence-corrected chi connectivity index (χ2v) is 11.3. The first-order valence-corrected chi connectivity index (χ1v) is 14.5. The monoisotopic (exact) mass is 556 g/mol. The zero-order valence-corrected chi connectivity index (χ0v) is 21.9. The molecule has 1 fully saturated rings. The molecule has 2 aromatic carbocycles. The number of likely N-dealkylation sites (tertiary alicyclic amines) is 1. The van der Waals surface area contributed by atoms with Crippen LogP contribution in [0.2, 0.25) is 0 Å². The molecular weight excluding hydrogens is 526 g/mol. The van der Waals surface area contributed by atoms with Crippen molar-refractivity contribution in [3.8, 4) is 0 Å². The van der Waals surface area contributed by atoms with E-state index in [4.69, 9.17) is 0 Å². The van der Waals surface area contributed by atoms with Gasteiger partial charge in [0.1, 0.15) is 11.6 Å². The summed E-state index contributed by atoms with van der Waals surface area (Å²) in [6, 6.07) is 10.3. The molecular formula is C25H31BrF2N2O3S. The molecule has 1 saturated heterocycles. The predicted molar refractivity (Wildman–Crippen MR) is 133 cm³/mol. The molecule has 0 aromatic heterocycles. The second kappa shape index (κ2) is 11.7. The maximum atomic E-state index is 14.0. The summed E-state index contributed by atoms with van der Waals surface area (Å²) >= 11 is 3.26. The Bertz CT molecular complexity index is 1070. The maximum absolute atomic E-state index is 14.0. The van der Waals surface area contributed by atoms with Gasteiger partial charge in [-0.15, -0.1) is 0 Å². The minimum absolute atomic E-state index is 0.103. The second-order valence-electron chi connectivity index (χ2n) is 8.77. The van der Waals surface area contributed by atoms with Crippen molar-refractivity contribution in [2.45, 2.75) is 43.0 Å². The number of rotatable bonds is 9. The van der Waals surface area contributed by atoms with Crippen LogP contribution in [-0.2, 0) is 14.6 Å². The number of hydrogen-bond acceptors (Lipinski definition) is 4. The zero-order chi connectivity index (χ0) is 24.9. The summed E-state index contributed by atoms with van der Waals surface area (Å²) in [6.07, 6.45) is 3.55. The Kier molecular flexibility index (Phi) is 9.23. The summed E-state index contributed by atoms with van der Waals surface area (Å²) in [5.41, 5.74) is 1.34. The van der Waals surface area contributed by atoms with E-state index in [0.29, 0.717) is 23.9 Å². The van der Waals surface area contributed by atoms with Crippen LogP contribution in [0.3, 0.4) is 0 Å². The Labute approximate surface area is 209 Å². The SMILES string of the molecule is CCN(C(=O)CBr)C1CCN(CC[C@H](c2ccc(S(C)(=O)=O)cc2)c2cc(F)cc(F)c2)CC1. The molecule has 1 aliphatic heterocycles. The van der Waals surface area contributed by atoms with E-state index in [-0.39, 0.29) is 22.8 Å². The van der Waals surface area contributed by atoms with Gasteiger partial charge in [0, 0.05) is 43.9 Å². The van der Waals surface area contributed by atoms with Crippen molar-refractivity contribution in [3.63, 3.8) is 0 Å². The van der Waals surface area contributed by atoms with Gasteiger partial charge in [-0.05, 0) is 68.1 Å². The van der Waals surface area contributed by atoms with Crippen molar-refractivity contribution < 1.29 is 22.0 Å². The van der Waals surface area contributed by atoms with Crippen LogP contribution in [0.25, 0.3) is 0 Å². The van der Waals surface area contributed by atoms with Gasteiger partial charge in [0.2, 0.25) is 5.91 Å². The molecule has 3 rings (SSSR count). The number of carbonyl (C=O) groups is 1. The summed E-state index contributed by atoms with van der Waals surface area (Å²) in [5, 5.41) is 0.324. The lowest BCUT2D eigenvalue weighted by Gasteiger charge is -2.38. The number of piperidine rings is 1. The Balaban J connectivity index is 1.74. The molecule has 9 heteroatoms. The number of benzene rings is 2. The Morgan fingerprint density at radius 2 is 1.68 bits per heavy atom. The Morgan fingerprint density at radius 3 is 2.18 bits per heavy atom. The molecule has 0 bridgehead atoms. The van der Waals surface area contributed by atoms with Gasteiger partial charge >= 0.3 is 0 Å². The van der Waals surface area contributed by atoms with Crippen molar-refractivity contribution in [2.24, 2.45) is 0 Å². The van der Waals surface area contributed by atoms with Gasteiger partial charge < -0.3 is 9.80 Å². The van der Waals surface area contributed by atoms with Gasteiger partial charge in [0.25, 0.3) is 0 Å². The molecule has 1 amide bonds. The largest absolute Gasteiger partial charge is 0.339 e. The molecule has 5 nitrogen and oxygen atoms in total. The molecule has 2 aromatic rings. The molecule has 0 aliphatic carbocycles. The molecule has 0 unspecified atom stereocenters. The smallest absolute Gasteiger partial charge is 0.233 e. The first-order chi connectivity index (χ1) is 16.1. The average Bonchev–Trinajstić information content (AvgIpc) is 2.79. The number of carbonyl (C=O) groups excluding carboxylic acids is 1. The van der Waals surface area contributed by atoms with Gasteiger partial charge in [0.15, 0.2) is 9.84 Å². The highest BCUT2D eigenvalue weighted by Gasteiger charge is 2.27. The van der Waals surface area contributed by atoms with E-state index in [1.165, 1.54) is 12.1 Å². The molecule has 1 atom stereocenters. The highest BCUT2D eigenvalue weighted by molar-refractivity contribution is 9.09. The van der Waals surface area contributed by atoms with E-state index < -0.39 is 21.5 Å². The Morgan fingerprint density at radius 1 is 1.09 bits per heavy atom. The molecule has 186 valence electrons. The fourth-order valence-electron chi connectivity index (χ4n) is 4.73. The van der Waals surface area contributed by atoms with E-state index in [1.807, 2.05) is 11.8 Å². The number of halogens is 3. The van der Waals surface area contributed by atoms with Crippen LogP contribution in [0.1, 0.15) is 43.2 Å². The molecule has 1 heterocycles. The number of hydrogen-bond donors (Lipinski definition) is 0. The summed E-state index contributed by atoms with van der Waals surface area (Å²) in [7, 11) is -3.33. The third-order valence-electron chi connectivity index (χ3n) is 6.51. The highest BCUT2D eigenvalue weighted by atomic mass is 79.9. The number of nitrogens with zero attached hydrogens (tertiary/aromatic N) is 2. The van der Waals surface area contributed by atoms with Crippen molar-refractivity contribution in [1.29, 1.82) is 0 Å². The minimum atomic E-state index is -3.33.